The lowest BCUT2D eigenvalue weighted by Gasteiger charge is -2.21. The van der Waals surface area contributed by atoms with E-state index in [-0.39, 0.29) is 10.8 Å². The molecule has 0 spiro atoms. The highest BCUT2D eigenvalue weighted by atomic mass is 14.2. The van der Waals surface area contributed by atoms with Gasteiger partial charge in [0.2, 0.25) is 0 Å². The maximum Gasteiger partial charge on any atom is 0.00726 e. The molecule has 12 rings (SSSR count). The van der Waals surface area contributed by atoms with Crippen LogP contribution in [0.1, 0.15) is 38.8 Å². The average molecular weight is 973 g/mol. The van der Waals surface area contributed by atoms with Crippen LogP contribution in [0.4, 0.5) is 0 Å². The lowest BCUT2D eigenvalue weighted by Crippen LogP contribution is -2.12. The average Bonchev–Trinajstić information content (AvgIpc) is 3.59. The largest absolute Gasteiger partial charge is 0.102 e. The smallest absolute Gasteiger partial charge is 0.00726 e. The van der Waals surface area contributed by atoms with Crippen LogP contribution in [0.25, 0.3) is 121 Å². The Morgan fingerprint density at radius 1 is 0.224 bits per heavy atom. The van der Waals surface area contributed by atoms with Crippen LogP contribution >= 0.6 is 0 Å². The second-order valence-electron chi connectivity index (χ2n) is 21.5. The summed E-state index contributed by atoms with van der Waals surface area (Å²) in [5.74, 6) is 0. The first kappa shape index (κ1) is 47.9. The van der Waals surface area contributed by atoms with E-state index < -0.39 is 0 Å². The second-order valence-corrected chi connectivity index (χ2v) is 21.5. The van der Waals surface area contributed by atoms with Crippen LogP contribution in [0, 0.1) is 0 Å². The molecule has 76 heavy (non-hydrogen) atoms. The van der Waals surface area contributed by atoms with Gasteiger partial charge in [0, 0.05) is 10.8 Å². The minimum absolute atomic E-state index is 0.135. The zero-order valence-electron chi connectivity index (χ0n) is 43.8. The fraction of sp³-hybridized carbons (Fsp3) is 0.0789. The van der Waals surface area contributed by atoms with Gasteiger partial charge in [0.1, 0.15) is 0 Å². The molecular weight excluding hydrogens is 913 g/mol. The summed E-state index contributed by atoms with van der Waals surface area (Å²) < 4.78 is 0. The molecule has 0 aromatic heterocycles. The zero-order chi connectivity index (χ0) is 52.0. The van der Waals surface area contributed by atoms with E-state index >= 15 is 0 Å². The Hall–Kier alpha value is -9.10. The molecule has 0 aliphatic carbocycles. The van der Waals surface area contributed by atoms with Crippen LogP contribution in [0.2, 0.25) is 0 Å². The topological polar surface area (TPSA) is 0 Å². The van der Waals surface area contributed by atoms with Gasteiger partial charge in [-0.05, 0) is 193 Å². The monoisotopic (exact) mass is 972 g/mol. The highest BCUT2D eigenvalue weighted by Crippen LogP contribution is 2.47. The second kappa shape index (κ2) is 19.6. The van der Waals surface area contributed by atoms with Gasteiger partial charge < -0.3 is 0 Å². The van der Waals surface area contributed by atoms with Crippen molar-refractivity contribution in [2.45, 2.75) is 38.5 Å². The highest BCUT2D eigenvalue weighted by molar-refractivity contribution is 6.25. The zero-order valence-corrected chi connectivity index (χ0v) is 43.8. The van der Waals surface area contributed by atoms with Crippen molar-refractivity contribution in [2.75, 3.05) is 0 Å². The molecule has 0 aliphatic rings. The Kier molecular flexibility index (Phi) is 12.4. The van der Waals surface area contributed by atoms with E-state index in [1.165, 1.54) is 132 Å². The summed E-state index contributed by atoms with van der Waals surface area (Å²) in [6.07, 6.45) is 4.06. The van der Waals surface area contributed by atoms with Gasteiger partial charge in [0.25, 0.3) is 0 Å². The van der Waals surface area contributed by atoms with E-state index in [1.807, 2.05) is 12.2 Å². The first-order valence-electron chi connectivity index (χ1n) is 26.5. The van der Waals surface area contributed by atoms with Gasteiger partial charge in [0.15, 0.2) is 0 Å². The molecule has 0 saturated carbocycles. The first-order chi connectivity index (χ1) is 37.0. The molecule has 0 atom stereocenters. The third kappa shape index (κ3) is 9.07. The Morgan fingerprint density at radius 3 is 0.776 bits per heavy atom. The first-order valence-corrected chi connectivity index (χ1v) is 26.5. The number of hydrogen-bond acceptors (Lipinski definition) is 0. The lowest BCUT2D eigenvalue weighted by molar-refractivity contribution is 0.672. The van der Waals surface area contributed by atoms with Crippen molar-refractivity contribution in [1.29, 1.82) is 0 Å². The summed E-state index contributed by atoms with van der Waals surface area (Å²) in [6, 6.07) is 94.9. The van der Waals surface area contributed by atoms with Gasteiger partial charge in [-0.3, -0.25) is 0 Å². The van der Waals surface area contributed by atoms with Crippen LogP contribution in [0.3, 0.4) is 0 Å². The molecule has 0 nitrogen and oxygen atoms in total. The predicted molar refractivity (Wildman–Crippen MR) is 329 cm³/mol. The van der Waals surface area contributed by atoms with Crippen LogP contribution in [0.5, 0.6) is 0 Å². The molecule has 12 aromatic rings. The van der Waals surface area contributed by atoms with Crippen molar-refractivity contribution < 1.29 is 0 Å². The summed E-state index contributed by atoms with van der Waals surface area (Å²) in [7, 11) is 0. The minimum Gasteiger partial charge on any atom is -0.102 e. The lowest BCUT2D eigenvalue weighted by atomic mass is 9.83. The fourth-order valence-electron chi connectivity index (χ4n) is 11.1. The van der Waals surface area contributed by atoms with Crippen LogP contribution < -0.4 is 0 Å². The highest BCUT2D eigenvalue weighted by Gasteiger charge is 2.21. The summed E-state index contributed by atoms with van der Waals surface area (Å²) in [6.45, 7) is 17.2. The fourth-order valence-corrected chi connectivity index (χ4v) is 11.1. The number of fused-ring (bicyclic) bond motifs is 5. The van der Waals surface area contributed by atoms with Crippen molar-refractivity contribution in [3.05, 3.63) is 291 Å². The Bertz CT molecular complexity index is 3850. The SMILES string of the molecule is C=CC(C)(C)c1ccc(-c2cc(-c3ccccc3)cc(-c3cc4c5cc(-c6ccccc6)ccc5c(-c5cc(-c6ccccc6)cc(-c6ccc(C(C)(C)C=C)cc6)c5)cc4c4cc(-c5ccccc5)ccc34)c2)cc1. The molecule has 0 aliphatic heterocycles. The normalized spacial score (nSPS) is 11.8. The standard InChI is InChI=1S/C76H60/c1-7-75(3,4)65-35-29-55(30-36-65)61-41-59(53-25-17-11-18-26-53)43-63(45-61)69-49-73-72-48-58(52-23-15-10-16-24-52)34-40-68(72)70(50-74(73)71-47-57(33-39-67(69)71)51-21-13-9-14-22-51)64-44-60(54-27-19-12-20-28-54)42-62(46-64)56-31-37-66(38-32-56)76(5,6)8-2/h7-50H,1-2H2,3-6H3. The van der Waals surface area contributed by atoms with E-state index in [1.54, 1.807) is 0 Å². The molecule has 0 radical (unpaired) electrons. The predicted octanol–water partition coefficient (Wildman–Crippen LogP) is 21.4. The molecule has 0 fully saturated rings. The Morgan fingerprint density at radius 2 is 0.474 bits per heavy atom. The van der Waals surface area contributed by atoms with Gasteiger partial charge in [-0.1, -0.05) is 234 Å². The third-order valence-electron chi connectivity index (χ3n) is 15.9. The van der Waals surface area contributed by atoms with Crippen LogP contribution in [0.15, 0.2) is 280 Å². The van der Waals surface area contributed by atoms with Gasteiger partial charge in [-0.15, -0.1) is 13.2 Å². The van der Waals surface area contributed by atoms with Crippen molar-refractivity contribution in [3.8, 4) is 89.0 Å². The molecule has 12 aromatic carbocycles. The quantitative estimate of drug-likeness (QED) is 0.0845. The number of rotatable bonds is 12. The molecule has 364 valence electrons. The van der Waals surface area contributed by atoms with Crippen molar-refractivity contribution in [3.63, 3.8) is 0 Å². The molecular formula is C76H60. The van der Waals surface area contributed by atoms with Crippen molar-refractivity contribution in [1.82, 2.24) is 0 Å². The summed E-state index contributed by atoms with van der Waals surface area (Å²) in [4.78, 5) is 0. The molecule has 0 bridgehead atoms. The molecule has 0 N–H and O–H groups in total. The number of hydrogen-bond donors (Lipinski definition) is 0. The summed E-state index contributed by atoms with van der Waals surface area (Å²) >= 11 is 0. The molecule has 0 unspecified atom stereocenters. The Labute approximate surface area is 448 Å². The van der Waals surface area contributed by atoms with Crippen LogP contribution in [-0.4, -0.2) is 0 Å². The van der Waals surface area contributed by atoms with Gasteiger partial charge in [0.05, 0.1) is 0 Å². The van der Waals surface area contributed by atoms with Crippen molar-refractivity contribution >= 4 is 32.3 Å². The van der Waals surface area contributed by atoms with Crippen molar-refractivity contribution in [2.24, 2.45) is 0 Å². The number of allylic oxidation sites excluding steroid dienone is 2. The molecule has 0 heteroatoms. The van der Waals surface area contributed by atoms with E-state index in [9.17, 15) is 0 Å². The van der Waals surface area contributed by atoms with Gasteiger partial charge in [-0.25, -0.2) is 0 Å². The van der Waals surface area contributed by atoms with E-state index in [2.05, 4.69) is 296 Å². The van der Waals surface area contributed by atoms with Gasteiger partial charge >= 0.3 is 0 Å². The van der Waals surface area contributed by atoms with Crippen LogP contribution in [-0.2, 0) is 10.8 Å². The molecule has 0 amide bonds. The van der Waals surface area contributed by atoms with E-state index in [0.29, 0.717) is 0 Å². The maximum atomic E-state index is 4.15. The third-order valence-corrected chi connectivity index (χ3v) is 15.9. The molecule has 0 saturated heterocycles. The summed E-state index contributed by atoms with van der Waals surface area (Å²) in [5, 5.41) is 7.27. The Balaban J connectivity index is 1.16. The van der Waals surface area contributed by atoms with E-state index in [4.69, 9.17) is 0 Å². The van der Waals surface area contributed by atoms with E-state index in [0.717, 1.165) is 0 Å². The minimum atomic E-state index is -0.135. The summed E-state index contributed by atoms with van der Waals surface area (Å²) in [5.41, 5.74) is 21.1. The van der Waals surface area contributed by atoms with Gasteiger partial charge in [-0.2, -0.15) is 0 Å². The number of benzene rings is 12. The maximum absolute atomic E-state index is 4.15. The molecule has 0 heterocycles.